The SMILES string of the molecule is C=C/C=C(\C/C(OCC(CC)CCCNCC)=C(/F)CC(C)=N/C=C(/N)N=CC)C1CCC1. The normalized spacial score (nSPS) is 17.7. The van der Waals surface area contributed by atoms with Crippen LogP contribution in [0.3, 0.4) is 0 Å². The molecule has 0 amide bonds. The summed E-state index contributed by atoms with van der Waals surface area (Å²) < 4.78 is 21.6. The summed E-state index contributed by atoms with van der Waals surface area (Å²) in [6, 6.07) is 0. The second-order valence-corrected chi connectivity index (χ2v) is 8.67. The molecule has 0 spiro atoms. The molecule has 0 saturated heterocycles. The molecule has 1 aliphatic rings. The number of nitrogens with zero attached hydrogens (tertiary/aromatic N) is 2. The molecule has 0 aromatic rings. The lowest BCUT2D eigenvalue weighted by molar-refractivity contribution is 0.142. The predicted octanol–water partition coefficient (Wildman–Crippen LogP) is 6.60. The number of rotatable bonds is 17. The van der Waals surface area contributed by atoms with E-state index in [4.69, 9.17) is 10.5 Å². The number of ether oxygens (including phenoxy) is 1. The van der Waals surface area contributed by atoms with E-state index in [1.165, 1.54) is 18.2 Å². The molecule has 5 nitrogen and oxygen atoms in total. The van der Waals surface area contributed by atoms with Crippen molar-refractivity contribution in [3.05, 3.63) is 47.9 Å². The van der Waals surface area contributed by atoms with Crippen LogP contribution in [0.5, 0.6) is 0 Å². The van der Waals surface area contributed by atoms with Gasteiger partial charge in [0.2, 0.25) is 0 Å². The third-order valence-electron chi connectivity index (χ3n) is 6.02. The van der Waals surface area contributed by atoms with Gasteiger partial charge in [0.25, 0.3) is 0 Å². The minimum absolute atomic E-state index is 0.0954. The van der Waals surface area contributed by atoms with Crippen molar-refractivity contribution >= 4 is 11.9 Å². The second kappa shape index (κ2) is 17.3. The van der Waals surface area contributed by atoms with Crippen LogP contribution in [0.2, 0.25) is 0 Å². The molecular weight excluding hydrogens is 415 g/mol. The summed E-state index contributed by atoms with van der Waals surface area (Å²) >= 11 is 0. The lowest BCUT2D eigenvalue weighted by Crippen LogP contribution is -2.18. The molecule has 33 heavy (non-hydrogen) atoms. The van der Waals surface area contributed by atoms with E-state index in [0.717, 1.165) is 45.2 Å². The highest BCUT2D eigenvalue weighted by Crippen LogP contribution is 2.37. The number of nitrogens with one attached hydrogen (secondary N) is 1. The van der Waals surface area contributed by atoms with E-state index in [1.807, 2.05) is 6.08 Å². The third-order valence-corrected chi connectivity index (χ3v) is 6.02. The zero-order chi connectivity index (χ0) is 24.5. The van der Waals surface area contributed by atoms with Crippen LogP contribution in [-0.4, -0.2) is 31.6 Å². The van der Waals surface area contributed by atoms with Crippen LogP contribution in [0, 0.1) is 11.8 Å². The van der Waals surface area contributed by atoms with Crippen molar-refractivity contribution in [2.75, 3.05) is 19.7 Å². The first-order chi connectivity index (χ1) is 15.9. The summed E-state index contributed by atoms with van der Waals surface area (Å²) in [6.07, 6.45) is 14.2. The first kappa shape index (κ1) is 28.8. The Labute approximate surface area is 200 Å². The summed E-state index contributed by atoms with van der Waals surface area (Å²) in [7, 11) is 0. The molecule has 0 radical (unpaired) electrons. The minimum Gasteiger partial charge on any atom is -0.495 e. The highest BCUT2D eigenvalue weighted by atomic mass is 19.1. The third kappa shape index (κ3) is 12.0. The fourth-order valence-corrected chi connectivity index (χ4v) is 3.72. The molecule has 0 aliphatic heterocycles. The summed E-state index contributed by atoms with van der Waals surface area (Å²) in [6.45, 7) is 14.2. The molecule has 1 fully saturated rings. The first-order valence-corrected chi connectivity index (χ1v) is 12.4. The maximum absolute atomic E-state index is 15.4. The van der Waals surface area contributed by atoms with E-state index in [0.29, 0.717) is 42.2 Å². The van der Waals surface area contributed by atoms with Gasteiger partial charge in [-0.3, -0.25) is 4.99 Å². The van der Waals surface area contributed by atoms with Crippen LogP contribution in [0.15, 0.2) is 57.9 Å². The topological polar surface area (TPSA) is 72.0 Å². The van der Waals surface area contributed by atoms with Gasteiger partial charge >= 0.3 is 0 Å². The van der Waals surface area contributed by atoms with Crippen molar-refractivity contribution < 1.29 is 9.13 Å². The van der Waals surface area contributed by atoms with E-state index >= 15 is 4.39 Å². The van der Waals surface area contributed by atoms with Gasteiger partial charge in [-0.2, -0.15) is 0 Å². The highest BCUT2D eigenvalue weighted by molar-refractivity contribution is 5.84. The zero-order valence-corrected chi connectivity index (χ0v) is 21.2. The molecular formula is C27H45FN4O. The molecule has 0 heterocycles. The Hall–Kier alpha value is -2.21. The van der Waals surface area contributed by atoms with Crippen LogP contribution in [-0.2, 0) is 4.74 Å². The molecule has 1 aliphatic carbocycles. The fraction of sp³-hybridized carbons (Fsp3) is 0.630. The van der Waals surface area contributed by atoms with Crippen molar-refractivity contribution in [3.8, 4) is 0 Å². The molecule has 1 rings (SSSR count). The standard InChI is InChI=1S/C27H45FN4O/c1-6-12-24(23-14-10-15-23)18-26(33-20-22(7-2)13-11-16-30-8-3)25(28)17-21(5)32-19-27(29)31-9-4/h6,9,12,19,22-23,30H,1,7-8,10-11,13-18,20,29H2,2-5H3/b24-12+,26-25-,27-19-,31-9?,32-21?. The van der Waals surface area contributed by atoms with E-state index < -0.39 is 0 Å². The Morgan fingerprint density at radius 2 is 2.06 bits per heavy atom. The number of halogens is 1. The van der Waals surface area contributed by atoms with Gasteiger partial charge in [-0.1, -0.05) is 51.0 Å². The van der Waals surface area contributed by atoms with E-state index in [-0.39, 0.29) is 12.2 Å². The highest BCUT2D eigenvalue weighted by Gasteiger charge is 2.24. The summed E-state index contributed by atoms with van der Waals surface area (Å²) in [4.78, 5) is 8.22. The van der Waals surface area contributed by atoms with Crippen molar-refractivity contribution in [3.63, 3.8) is 0 Å². The number of aliphatic imine (C=N–C) groups is 2. The van der Waals surface area contributed by atoms with Crippen molar-refractivity contribution in [2.45, 2.75) is 79.1 Å². The maximum atomic E-state index is 15.4. The van der Waals surface area contributed by atoms with Gasteiger partial charge in [-0.05, 0) is 64.5 Å². The number of allylic oxidation sites excluding steroid dienone is 4. The van der Waals surface area contributed by atoms with Crippen molar-refractivity contribution in [1.29, 1.82) is 0 Å². The van der Waals surface area contributed by atoms with E-state index in [2.05, 4.69) is 35.7 Å². The Balaban J connectivity index is 2.96. The Kier molecular flexibility index (Phi) is 15.1. The van der Waals surface area contributed by atoms with Crippen LogP contribution in [0.1, 0.15) is 79.1 Å². The lowest BCUT2D eigenvalue weighted by Gasteiger charge is -2.29. The largest absolute Gasteiger partial charge is 0.495 e. The first-order valence-electron chi connectivity index (χ1n) is 12.4. The molecule has 1 saturated carbocycles. The molecule has 3 N–H and O–H groups in total. The average Bonchev–Trinajstić information content (AvgIpc) is 2.75. The van der Waals surface area contributed by atoms with Gasteiger partial charge in [-0.15, -0.1) is 0 Å². The summed E-state index contributed by atoms with van der Waals surface area (Å²) in [5, 5.41) is 3.36. The van der Waals surface area contributed by atoms with Crippen LogP contribution in [0.4, 0.5) is 4.39 Å². The molecule has 6 heteroatoms. The molecule has 0 bridgehead atoms. The molecule has 0 aromatic carbocycles. The minimum atomic E-state index is -0.265. The summed E-state index contributed by atoms with van der Waals surface area (Å²) in [5.41, 5.74) is 7.57. The predicted molar refractivity (Wildman–Crippen MR) is 140 cm³/mol. The fourth-order valence-electron chi connectivity index (χ4n) is 3.72. The van der Waals surface area contributed by atoms with E-state index in [1.54, 1.807) is 26.1 Å². The molecule has 1 atom stereocenters. The lowest BCUT2D eigenvalue weighted by atomic mass is 9.78. The van der Waals surface area contributed by atoms with Crippen molar-refractivity contribution in [1.82, 2.24) is 5.32 Å². The van der Waals surface area contributed by atoms with E-state index in [9.17, 15) is 0 Å². The van der Waals surface area contributed by atoms with Crippen molar-refractivity contribution in [2.24, 2.45) is 27.6 Å². The van der Waals surface area contributed by atoms with Gasteiger partial charge in [0, 0.05) is 24.8 Å². The van der Waals surface area contributed by atoms with Crippen LogP contribution in [0.25, 0.3) is 0 Å². The van der Waals surface area contributed by atoms with Gasteiger partial charge < -0.3 is 15.8 Å². The molecule has 1 unspecified atom stereocenters. The number of nitrogens with two attached hydrogens (primary N) is 1. The second-order valence-electron chi connectivity index (χ2n) is 8.67. The molecule has 0 aromatic heterocycles. The monoisotopic (exact) mass is 460 g/mol. The average molecular weight is 461 g/mol. The number of hydrogen-bond acceptors (Lipinski definition) is 5. The zero-order valence-electron chi connectivity index (χ0n) is 21.2. The quantitative estimate of drug-likeness (QED) is 0.111. The molecule has 186 valence electrons. The van der Waals surface area contributed by atoms with Gasteiger partial charge in [0.1, 0.15) is 17.4 Å². The Morgan fingerprint density at radius 3 is 2.64 bits per heavy atom. The Morgan fingerprint density at radius 1 is 1.30 bits per heavy atom. The smallest absolute Gasteiger partial charge is 0.143 e. The van der Waals surface area contributed by atoms with Gasteiger partial charge in [-0.25, -0.2) is 9.38 Å². The maximum Gasteiger partial charge on any atom is 0.143 e. The van der Waals surface area contributed by atoms with Crippen LogP contribution < -0.4 is 11.1 Å². The Bertz CT molecular complexity index is 732. The van der Waals surface area contributed by atoms with Crippen LogP contribution >= 0.6 is 0 Å². The van der Waals surface area contributed by atoms with Gasteiger partial charge in [0.15, 0.2) is 0 Å². The number of hydrogen-bond donors (Lipinski definition) is 2. The van der Waals surface area contributed by atoms with Gasteiger partial charge in [0.05, 0.1) is 12.8 Å². The summed E-state index contributed by atoms with van der Waals surface area (Å²) in [5.74, 6) is 1.37.